The number of H-pyrrole nitrogens is 1. The molecule has 0 bridgehead atoms. The molecule has 1 rings (SSSR count). The molecular weight excluding hydrogens is 254 g/mol. The molecule has 0 aliphatic rings. The van der Waals surface area contributed by atoms with Crippen molar-refractivity contribution in [3.05, 3.63) is 34.2 Å². The maximum absolute atomic E-state index is 12.0. The van der Waals surface area contributed by atoms with E-state index in [1.54, 1.807) is 18.0 Å². The first-order valence-electron chi connectivity index (χ1n) is 5.50. The fourth-order valence-corrected chi connectivity index (χ4v) is 1.58. The highest BCUT2D eigenvalue weighted by Gasteiger charge is 2.21. The first kappa shape index (κ1) is 16.7. The Morgan fingerprint density at radius 3 is 2.61 bits per heavy atom. The Balaban J connectivity index is 0.00000289. The van der Waals surface area contributed by atoms with Crippen LogP contribution in [0.4, 0.5) is 0 Å². The molecule has 0 aromatic carbocycles. The number of nitrogens with zero attached hydrogens (tertiary/aromatic N) is 1. The van der Waals surface area contributed by atoms with E-state index in [0.717, 1.165) is 0 Å². The Bertz CT molecular complexity index is 457. The zero-order valence-corrected chi connectivity index (χ0v) is 11.7. The van der Waals surface area contributed by atoms with E-state index in [2.05, 4.69) is 4.98 Å². The molecule has 3 N–H and O–H groups in total. The zero-order valence-electron chi connectivity index (χ0n) is 10.9. The van der Waals surface area contributed by atoms with Crippen molar-refractivity contribution in [2.75, 3.05) is 20.1 Å². The van der Waals surface area contributed by atoms with Gasteiger partial charge in [0.05, 0.1) is 0 Å². The Morgan fingerprint density at radius 2 is 2.11 bits per heavy atom. The van der Waals surface area contributed by atoms with Crippen LogP contribution >= 0.6 is 12.4 Å². The summed E-state index contributed by atoms with van der Waals surface area (Å²) in [7, 11) is 1.71. The number of hydrogen-bond donors (Lipinski definition) is 2. The average molecular weight is 274 g/mol. The lowest BCUT2D eigenvalue weighted by Gasteiger charge is -2.29. The second-order valence-electron chi connectivity index (χ2n) is 4.97. The van der Waals surface area contributed by atoms with Crippen LogP contribution in [0.25, 0.3) is 0 Å². The number of hydrogen-bond acceptors (Lipinski definition) is 3. The van der Waals surface area contributed by atoms with E-state index in [4.69, 9.17) is 5.73 Å². The van der Waals surface area contributed by atoms with E-state index in [1.165, 1.54) is 12.3 Å². The number of aromatic amines is 1. The second kappa shape index (κ2) is 6.56. The third-order valence-corrected chi connectivity index (χ3v) is 2.59. The molecule has 1 heterocycles. The van der Waals surface area contributed by atoms with Crippen LogP contribution in [0, 0.1) is 5.41 Å². The molecule has 18 heavy (non-hydrogen) atoms. The number of rotatable bonds is 4. The Hall–Kier alpha value is -1.33. The predicted molar refractivity (Wildman–Crippen MR) is 74.1 cm³/mol. The maximum atomic E-state index is 12.0. The number of pyridine rings is 1. The van der Waals surface area contributed by atoms with Gasteiger partial charge in [-0.3, -0.25) is 9.59 Å². The van der Waals surface area contributed by atoms with Crippen molar-refractivity contribution in [3.8, 4) is 0 Å². The Labute approximate surface area is 113 Å². The van der Waals surface area contributed by atoms with E-state index >= 15 is 0 Å². The summed E-state index contributed by atoms with van der Waals surface area (Å²) in [6, 6.07) is 2.89. The minimum absolute atomic E-state index is 0. The summed E-state index contributed by atoms with van der Waals surface area (Å²) in [5.41, 5.74) is 5.61. The smallest absolute Gasteiger partial charge is 0.253 e. The Morgan fingerprint density at radius 1 is 1.50 bits per heavy atom. The van der Waals surface area contributed by atoms with Gasteiger partial charge in [-0.25, -0.2) is 0 Å². The van der Waals surface area contributed by atoms with Crippen molar-refractivity contribution < 1.29 is 4.79 Å². The van der Waals surface area contributed by atoms with Crippen molar-refractivity contribution in [2.45, 2.75) is 13.8 Å². The maximum Gasteiger partial charge on any atom is 0.253 e. The standard InChI is InChI=1S/C12H19N3O2.ClH/c1-12(2,7-13)8-15(3)11(17)9-4-5-14-10(16)6-9;/h4-6H,7-8,13H2,1-3H3,(H,14,16);1H. The van der Waals surface area contributed by atoms with Gasteiger partial charge in [-0.15, -0.1) is 12.4 Å². The van der Waals surface area contributed by atoms with E-state index in [0.29, 0.717) is 18.7 Å². The van der Waals surface area contributed by atoms with Gasteiger partial charge in [0, 0.05) is 31.4 Å². The summed E-state index contributed by atoms with van der Waals surface area (Å²) in [6.07, 6.45) is 1.47. The first-order chi connectivity index (χ1) is 7.85. The van der Waals surface area contributed by atoms with E-state index in [9.17, 15) is 9.59 Å². The quantitative estimate of drug-likeness (QED) is 0.854. The SMILES string of the molecule is CN(CC(C)(C)CN)C(=O)c1cc[nH]c(=O)c1.Cl. The highest BCUT2D eigenvalue weighted by atomic mass is 35.5. The molecule has 0 radical (unpaired) electrons. The zero-order chi connectivity index (χ0) is 13.1. The Kier molecular flexibility index (Phi) is 6.08. The second-order valence-corrected chi connectivity index (χ2v) is 4.97. The summed E-state index contributed by atoms with van der Waals surface area (Å²) >= 11 is 0. The van der Waals surface area contributed by atoms with Crippen molar-refractivity contribution >= 4 is 18.3 Å². The average Bonchev–Trinajstić information content (AvgIpc) is 2.27. The largest absolute Gasteiger partial charge is 0.341 e. The van der Waals surface area contributed by atoms with Gasteiger partial charge in [-0.05, 0) is 18.0 Å². The van der Waals surface area contributed by atoms with Crippen LogP contribution in [0.5, 0.6) is 0 Å². The number of halogens is 1. The monoisotopic (exact) mass is 273 g/mol. The summed E-state index contributed by atoms with van der Waals surface area (Å²) in [5, 5.41) is 0. The third-order valence-electron chi connectivity index (χ3n) is 2.59. The molecule has 0 aliphatic heterocycles. The minimum atomic E-state index is -0.276. The van der Waals surface area contributed by atoms with Gasteiger partial charge in [0.1, 0.15) is 0 Å². The minimum Gasteiger partial charge on any atom is -0.341 e. The van der Waals surface area contributed by atoms with Gasteiger partial charge in [-0.2, -0.15) is 0 Å². The number of nitrogens with one attached hydrogen (secondary N) is 1. The van der Waals surface area contributed by atoms with Crippen molar-refractivity contribution in [3.63, 3.8) is 0 Å². The van der Waals surface area contributed by atoms with Gasteiger partial charge < -0.3 is 15.6 Å². The highest BCUT2D eigenvalue weighted by molar-refractivity contribution is 5.93. The van der Waals surface area contributed by atoms with Crippen LogP contribution in [0.15, 0.2) is 23.1 Å². The molecule has 1 aromatic rings. The fourth-order valence-electron chi connectivity index (χ4n) is 1.58. The highest BCUT2D eigenvalue weighted by Crippen LogP contribution is 2.15. The molecule has 6 heteroatoms. The van der Waals surface area contributed by atoms with Crippen LogP contribution in [0.1, 0.15) is 24.2 Å². The number of carbonyl (C=O) groups excluding carboxylic acids is 1. The van der Waals surface area contributed by atoms with Crippen LogP contribution in [-0.4, -0.2) is 35.9 Å². The molecule has 1 aromatic heterocycles. The predicted octanol–water partition coefficient (Wildman–Crippen LogP) is 0.854. The van der Waals surface area contributed by atoms with Crippen LogP contribution in [-0.2, 0) is 0 Å². The lowest BCUT2D eigenvalue weighted by atomic mass is 9.93. The van der Waals surface area contributed by atoms with Crippen LogP contribution in [0.2, 0.25) is 0 Å². The topological polar surface area (TPSA) is 79.2 Å². The molecule has 0 spiro atoms. The van der Waals surface area contributed by atoms with Crippen molar-refractivity contribution in [1.29, 1.82) is 0 Å². The summed E-state index contributed by atoms with van der Waals surface area (Å²) in [6.45, 7) is 5.04. The van der Waals surface area contributed by atoms with Crippen molar-refractivity contribution in [1.82, 2.24) is 9.88 Å². The molecule has 0 atom stereocenters. The number of aromatic nitrogens is 1. The molecule has 102 valence electrons. The van der Waals surface area contributed by atoms with E-state index in [-0.39, 0.29) is 29.3 Å². The fraction of sp³-hybridized carbons (Fsp3) is 0.500. The van der Waals surface area contributed by atoms with Crippen molar-refractivity contribution in [2.24, 2.45) is 11.1 Å². The number of nitrogens with two attached hydrogens (primary N) is 1. The molecule has 0 saturated carbocycles. The number of carbonyl (C=O) groups is 1. The molecule has 0 aliphatic carbocycles. The lowest BCUT2D eigenvalue weighted by Crippen LogP contribution is -2.40. The normalized spacial score (nSPS) is 10.7. The summed E-state index contributed by atoms with van der Waals surface area (Å²) < 4.78 is 0. The van der Waals surface area contributed by atoms with Gasteiger partial charge in [0.15, 0.2) is 0 Å². The van der Waals surface area contributed by atoms with Gasteiger partial charge >= 0.3 is 0 Å². The molecule has 1 amide bonds. The molecule has 5 nitrogen and oxygen atoms in total. The molecule has 0 fully saturated rings. The summed E-state index contributed by atoms with van der Waals surface area (Å²) in [5.74, 6) is -0.169. The molecule has 0 saturated heterocycles. The molecule has 0 unspecified atom stereocenters. The van der Waals surface area contributed by atoms with E-state index < -0.39 is 0 Å². The molecular formula is C12H20ClN3O2. The van der Waals surface area contributed by atoms with Gasteiger partial charge in [0.25, 0.3) is 5.91 Å². The third kappa shape index (κ3) is 4.50. The first-order valence-corrected chi connectivity index (χ1v) is 5.50. The van der Waals surface area contributed by atoms with Crippen LogP contribution < -0.4 is 11.3 Å². The number of amides is 1. The van der Waals surface area contributed by atoms with E-state index in [1.807, 2.05) is 13.8 Å². The van der Waals surface area contributed by atoms with Crippen LogP contribution in [0.3, 0.4) is 0 Å². The van der Waals surface area contributed by atoms with Gasteiger partial charge in [0.2, 0.25) is 5.56 Å². The lowest BCUT2D eigenvalue weighted by molar-refractivity contribution is 0.0740. The van der Waals surface area contributed by atoms with Gasteiger partial charge in [-0.1, -0.05) is 13.8 Å². The summed E-state index contributed by atoms with van der Waals surface area (Å²) in [4.78, 5) is 27.2.